The van der Waals surface area contributed by atoms with Crippen LogP contribution in [0.4, 0.5) is 0 Å². The maximum atomic E-state index is 12.3. The molecule has 2 heterocycles. The second-order valence-corrected chi connectivity index (χ2v) is 8.25. The number of amides is 1. The van der Waals surface area contributed by atoms with Crippen LogP contribution in [0.15, 0.2) is 34.2 Å². The second-order valence-electron chi connectivity index (χ2n) is 6.60. The number of nitrogens with one attached hydrogen (secondary N) is 1. The number of carbonyl (C=O) groups is 2. The minimum Gasteiger partial charge on any atom is -0.452 e. The Morgan fingerprint density at radius 1 is 1.22 bits per heavy atom. The number of amidine groups is 1. The average molecular weight is 393 g/mol. The number of piperidine rings is 1. The van der Waals surface area contributed by atoms with E-state index in [0.717, 1.165) is 19.3 Å². The lowest BCUT2D eigenvalue weighted by molar-refractivity contribution is -0.159. The summed E-state index contributed by atoms with van der Waals surface area (Å²) in [5.74, 6) is -0.492. The molecule has 1 saturated heterocycles. The smallest absolute Gasteiger partial charge is 0.308 e. The molecule has 3 rings (SSSR count). The molecular weight excluding hydrogens is 370 g/mol. The minimum absolute atomic E-state index is 0.0367. The highest BCUT2D eigenvalue weighted by Crippen LogP contribution is 2.22. The van der Waals surface area contributed by atoms with Gasteiger partial charge in [-0.05, 0) is 38.3 Å². The fraction of sp³-hybridized carbons (Fsp3) is 0.500. The third-order valence-corrected chi connectivity index (χ3v) is 5.97. The van der Waals surface area contributed by atoms with Crippen molar-refractivity contribution in [3.63, 3.8) is 0 Å². The van der Waals surface area contributed by atoms with Crippen LogP contribution in [0.3, 0.4) is 0 Å². The number of esters is 1. The monoisotopic (exact) mass is 393 g/mol. The molecule has 1 fully saturated rings. The molecule has 9 heteroatoms. The third kappa shape index (κ3) is 4.47. The van der Waals surface area contributed by atoms with E-state index in [-0.39, 0.29) is 29.6 Å². The van der Waals surface area contributed by atoms with Crippen LogP contribution in [0.5, 0.6) is 0 Å². The topological polar surface area (TPSA) is 105 Å². The molecule has 0 bridgehead atoms. The van der Waals surface area contributed by atoms with Crippen LogP contribution in [0.1, 0.15) is 38.2 Å². The lowest BCUT2D eigenvalue weighted by Gasteiger charge is -2.28. The maximum Gasteiger partial charge on any atom is 0.308 e. The van der Waals surface area contributed by atoms with Crippen LogP contribution in [-0.2, 0) is 24.3 Å². The summed E-state index contributed by atoms with van der Waals surface area (Å²) in [6, 6.07) is 6.52. The van der Waals surface area contributed by atoms with Crippen LogP contribution >= 0.6 is 0 Å². The van der Waals surface area contributed by atoms with Gasteiger partial charge >= 0.3 is 5.97 Å². The van der Waals surface area contributed by atoms with Crippen LogP contribution in [0, 0.1) is 0 Å². The van der Waals surface area contributed by atoms with E-state index in [2.05, 4.69) is 9.71 Å². The molecular formula is C18H23N3O5S. The first-order valence-corrected chi connectivity index (χ1v) is 10.5. The largest absolute Gasteiger partial charge is 0.452 e. The Balaban J connectivity index is 1.52. The van der Waals surface area contributed by atoms with Gasteiger partial charge in [-0.15, -0.1) is 0 Å². The molecule has 1 N–H and O–H groups in total. The molecule has 2 aliphatic heterocycles. The van der Waals surface area contributed by atoms with Gasteiger partial charge in [-0.25, -0.2) is 8.42 Å². The predicted octanol–water partition coefficient (Wildman–Crippen LogP) is 1.06. The molecule has 0 aromatic heterocycles. The molecule has 0 saturated carbocycles. The zero-order valence-corrected chi connectivity index (χ0v) is 16.0. The quantitative estimate of drug-likeness (QED) is 0.753. The SMILES string of the molecule is C[C@H](OC(=O)CCN=C1NS(=O)(=O)c2ccccc21)C(=O)N1CCCCC1. The first-order chi connectivity index (χ1) is 12.9. The number of likely N-dealkylation sites (tertiary alicyclic amines) is 1. The fourth-order valence-corrected chi connectivity index (χ4v) is 4.44. The lowest BCUT2D eigenvalue weighted by Crippen LogP contribution is -2.42. The van der Waals surface area contributed by atoms with Crippen LogP contribution in [0.25, 0.3) is 0 Å². The minimum atomic E-state index is -3.60. The Kier molecular flexibility index (Phi) is 5.79. The predicted molar refractivity (Wildman–Crippen MR) is 98.8 cm³/mol. The van der Waals surface area contributed by atoms with Gasteiger partial charge in [0.15, 0.2) is 6.10 Å². The number of fused-ring (bicyclic) bond motifs is 1. The lowest BCUT2D eigenvalue weighted by atomic mass is 10.1. The van der Waals surface area contributed by atoms with E-state index >= 15 is 0 Å². The van der Waals surface area contributed by atoms with Crippen molar-refractivity contribution in [3.8, 4) is 0 Å². The van der Waals surface area contributed by atoms with Gasteiger partial charge in [0.25, 0.3) is 15.9 Å². The highest BCUT2D eigenvalue weighted by atomic mass is 32.2. The molecule has 0 unspecified atom stereocenters. The van der Waals surface area contributed by atoms with Gasteiger partial charge in [-0.3, -0.25) is 19.3 Å². The Hall–Kier alpha value is -2.42. The first kappa shape index (κ1) is 19.3. The van der Waals surface area contributed by atoms with Gasteiger partial charge < -0.3 is 9.64 Å². The summed E-state index contributed by atoms with van der Waals surface area (Å²) in [5, 5.41) is 0. The zero-order valence-electron chi connectivity index (χ0n) is 15.2. The molecule has 0 aliphatic carbocycles. The number of carbonyl (C=O) groups excluding carboxylic acids is 2. The Morgan fingerprint density at radius 2 is 1.93 bits per heavy atom. The molecule has 146 valence electrons. The molecule has 8 nitrogen and oxygen atoms in total. The van der Waals surface area contributed by atoms with E-state index in [1.54, 1.807) is 30.0 Å². The molecule has 0 radical (unpaired) electrons. The van der Waals surface area contributed by atoms with E-state index in [1.165, 1.54) is 6.07 Å². The summed E-state index contributed by atoms with van der Waals surface area (Å²) in [5.41, 5.74) is 0.486. The molecule has 27 heavy (non-hydrogen) atoms. The summed E-state index contributed by atoms with van der Waals surface area (Å²) < 4.78 is 31.6. The van der Waals surface area contributed by atoms with E-state index in [0.29, 0.717) is 18.7 Å². The van der Waals surface area contributed by atoms with E-state index < -0.39 is 22.1 Å². The number of benzene rings is 1. The van der Waals surface area contributed by atoms with E-state index in [9.17, 15) is 18.0 Å². The summed E-state index contributed by atoms with van der Waals surface area (Å²) >= 11 is 0. The number of aliphatic imine (C=N–C) groups is 1. The third-order valence-electron chi connectivity index (χ3n) is 4.57. The normalized spacial score (nSPS) is 20.6. The molecule has 1 atom stereocenters. The summed E-state index contributed by atoms with van der Waals surface area (Å²) in [4.78, 5) is 30.3. The summed E-state index contributed by atoms with van der Waals surface area (Å²) in [6.45, 7) is 3.04. The van der Waals surface area contributed by atoms with Gasteiger partial charge in [-0.1, -0.05) is 12.1 Å². The van der Waals surface area contributed by atoms with E-state index in [1.807, 2.05) is 0 Å². The van der Waals surface area contributed by atoms with Crippen LogP contribution < -0.4 is 4.72 Å². The summed E-state index contributed by atoms with van der Waals surface area (Å²) in [7, 11) is -3.60. The molecule has 1 amide bonds. The number of hydrogen-bond donors (Lipinski definition) is 1. The van der Waals surface area contributed by atoms with Crippen molar-refractivity contribution in [1.82, 2.24) is 9.62 Å². The molecule has 0 spiro atoms. The van der Waals surface area contributed by atoms with Gasteiger partial charge in [0.2, 0.25) is 0 Å². The van der Waals surface area contributed by atoms with Crippen molar-refractivity contribution in [1.29, 1.82) is 0 Å². The fourth-order valence-electron chi connectivity index (χ4n) is 3.19. The highest BCUT2D eigenvalue weighted by Gasteiger charge is 2.30. The first-order valence-electron chi connectivity index (χ1n) is 9.03. The second kappa shape index (κ2) is 8.08. The number of nitrogens with zero attached hydrogens (tertiary/aromatic N) is 2. The number of hydrogen-bond acceptors (Lipinski definition) is 6. The number of rotatable bonds is 5. The molecule has 1 aromatic rings. The summed E-state index contributed by atoms with van der Waals surface area (Å²) in [6.07, 6.45) is 2.20. The van der Waals surface area contributed by atoms with Crippen molar-refractivity contribution in [3.05, 3.63) is 29.8 Å². The van der Waals surface area contributed by atoms with Crippen molar-refractivity contribution >= 4 is 27.7 Å². The van der Waals surface area contributed by atoms with Gasteiger partial charge in [-0.2, -0.15) is 0 Å². The standard InChI is InChI=1S/C18H23N3O5S/c1-13(18(23)21-11-5-2-6-12-21)26-16(22)9-10-19-17-14-7-3-4-8-15(14)27(24,25)20-17/h3-4,7-8,13H,2,5-6,9-12H2,1H3,(H,19,20)/t13-/m0/s1. The van der Waals surface area contributed by atoms with Gasteiger partial charge in [0.05, 0.1) is 17.9 Å². The molecule has 2 aliphatic rings. The van der Waals surface area contributed by atoms with Crippen molar-refractivity contribution < 1.29 is 22.7 Å². The molecule has 1 aromatic carbocycles. The van der Waals surface area contributed by atoms with Crippen molar-refractivity contribution in [2.45, 2.75) is 43.6 Å². The van der Waals surface area contributed by atoms with E-state index in [4.69, 9.17) is 4.74 Å². The van der Waals surface area contributed by atoms with Crippen molar-refractivity contribution in [2.75, 3.05) is 19.6 Å². The Bertz CT molecular complexity index is 860. The van der Waals surface area contributed by atoms with Gasteiger partial charge in [0.1, 0.15) is 5.84 Å². The Morgan fingerprint density at radius 3 is 2.67 bits per heavy atom. The number of ether oxygens (including phenoxy) is 1. The highest BCUT2D eigenvalue weighted by molar-refractivity contribution is 7.90. The maximum absolute atomic E-state index is 12.3. The van der Waals surface area contributed by atoms with Crippen LogP contribution in [-0.4, -0.2) is 56.8 Å². The van der Waals surface area contributed by atoms with Crippen LogP contribution in [0.2, 0.25) is 0 Å². The number of sulfonamides is 1. The van der Waals surface area contributed by atoms with Crippen molar-refractivity contribution in [2.24, 2.45) is 4.99 Å². The van der Waals surface area contributed by atoms with Gasteiger partial charge in [0, 0.05) is 18.7 Å². The Labute approximate surface area is 158 Å². The zero-order chi connectivity index (χ0) is 19.4. The average Bonchev–Trinajstić information content (AvgIpc) is 2.92.